The molecule has 9 heteroatoms. The van der Waals surface area contributed by atoms with E-state index in [1.165, 1.54) is 6.26 Å². The molecule has 0 aliphatic carbocycles. The number of hydrogen-bond donors (Lipinski definition) is 2. The Morgan fingerprint density at radius 1 is 1.33 bits per heavy atom. The zero-order valence-electron chi connectivity index (χ0n) is 15.1. The van der Waals surface area contributed by atoms with Crippen LogP contribution in [-0.4, -0.2) is 68.9 Å². The first-order chi connectivity index (χ1) is 10.7. The lowest BCUT2D eigenvalue weighted by Crippen LogP contribution is -2.41. The number of hydrogen-bond acceptors (Lipinski definition) is 4. The van der Waals surface area contributed by atoms with E-state index in [0.717, 1.165) is 25.9 Å². The summed E-state index contributed by atoms with van der Waals surface area (Å²) in [7, 11) is -3.16. The van der Waals surface area contributed by atoms with Crippen LogP contribution < -0.4 is 10.6 Å². The van der Waals surface area contributed by atoms with Crippen LogP contribution in [0.25, 0.3) is 0 Å². The second-order valence-corrected chi connectivity index (χ2v) is 9.14. The molecule has 1 saturated heterocycles. The molecule has 0 unspecified atom stereocenters. The first-order valence-corrected chi connectivity index (χ1v) is 10.1. The van der Waals surface area contributed by atoms with Crippen molar-refractivity contribution in [3.63, 3.8) is 0 Å². The van der Waals surface area contributed by atoms with Gasteiger partial charge in [0.1, 0.15) is 0 Å². The molecule has 0 radical (unpaired) electrons. The molecular weight excluding hydrogens is 443 g/mol. The van der Waals surface area contributed by atoms with Gasteiger partial charge in [0.15, 0.2) is 15.8 Å². The zero-order valence-corrected chi connectivity index (χ0v) is 18.2. The zero-order chi connectivity index (χ0) is 17.5. The lowest BCUT2D eigenvalue weighted by Gasteiger charge is -2.21. The van der Waals surface area contributed by atoms with Crippen molar-refractivity contribution < 1.29 is 13.2 Å². The van der Waals surface area contributed by atoms with E-state index in [9.17, 15) is 13.2 Å². The molecule has 2 N–H and O–H groups in total. The lowest BCUT2D eigenvalue weighted by atomic mass is 10.2. The lowest BCUT2D eigenvalue weighted by molar-refractivity contribution is -0.127. The van der Waals surface area contributed by atoms with Crippen molar-refractivity contribution in [2.75, 3.05) is 39.0 Å². The predicted octanol–water partition coefficient (Wildman–Crippen LogP) is 0.995. The van der Waals surface area contributed by atoms with Gasteiger partial charge in [-0.25, -0.2) is 8.42 Å². The summed E-state index contributed by atoms with van der Waals surface area (Å²) >= 11 is 0. The van der Waals surface area contributed by atoms with Crippen LogP contribution in [0.5, 0.6) is 0 Å². The van der Waals surface area contributed by atoms with Gasteiger partial charge in [0.25, 0.3) is 0 Å². The van der Waals surface area contributed by atoms with Crippen molar-refractivity contribution in [1.82, 2.24) is 15.5 Å². The predicted molar refractivity (Wildman–Crippen MR) is 109 cm³/mol. The van der Waals surface area contributed by atoms with Crippen molar-refractivity contribution in [2.45, 2.75) is 44.8 Å². The van der Waals surface area contributed by atoms with Crippen LogP contribution in [0, 0.1) is 0 Å². The van der Waals surface area contributed by atoms with Gasteiger partial charge in [-0.2, -0.15) is 0 Å². The minimum absolute atomic E-state index is 0. The largest absolute Gasteiger partial charge is 0.357 e. The molecule has 0 bridgehead atoms. The smallest absolute Gasteiger partial charge is 0.222 e. The summed E-state index contributed by atoms with van der Waals surface area (Å²) in [4.78, 5) is 17.8. The van der Waals surface area contributed by atoms with Gasteiger partial charge in [-0.1, -0.05) is 0 Å². The molecule has 142 valence electrons. The van der Waals surface area contributed by atoms with Gasteiger partial charge in [-0.05, 0) is 33.6 Å². The number of carbonyl (C=O) groups is 1. The van der Waals surface area contributed by atoms with Gasteiger partial charge < -0.3 is 15.5 Å². The number of sulfone groups is 1. The highest BCUT2D eigenvalue weighted by atomic mass is 127. The standard InChI is InChI=1S/C15H30N4O3S.HI/c1-5-16-14(18-12-15(2,3)23(4,21)22)17-9-7-11-19-10-6-8-13(19)20;/h5-12H2,1-4H3,(H2,16,17,18);1H. The molecule has 7 nitrogen and oxygen atoms in total. The van der Waals surface area contributed by atoms with Crippen LogP contribution in [0.3, 0.4) is 0 Å². The number of carbonyl (C=O) groups excluding carboxylic acids is 1. The minimum Gasteiger partial charge on any atom is -0.357 e. The molecule has 1 aliphatic rings. The van der Waals surface area contributed by atoms with Crippen LogP contribution in [0.1, 0.15) is 40.0 Å². The molecule has 1 amide bonds. The molecule has 1 fully saturated rings. The van der Waals surface area contributed by atoms with Crippen LogP contribution in [0.2, 0.25) is 0 Å². The average molecular weight is 474 g/mol. The normalized spacial score (nSPS) is 16.1. The maximum absolute atomic E-state index is 11.7. The summed E-state index contributed by atoms with van der Waals surface area (Å²) in [5.74, 6) is 0.845. The molecule has 0 spiro atoms. The SMILES string of the molecule is CCNC(=NCC(C)(C)S(C)(=O)=O)NCCCN1CCCC1=O.I. The van der Waals surface area contributed by atoms with E-state index < -0.39 is 14.6 Å². The molecule has 0 aromatic heterocycles. The number of rotatable bonds is 8. The summed E-state index contributed by atoms with van der Waals surface area (Å²) < 4.78 is 22.5. The van der Waals surface area contributed by atoms with Crippen LogP contribution in [0.15, 0.2) is 4.99 Å². The molecule has 0 aromatic carbocycles. The Bertz CT molecular complexity index is 535. The number of likely N-dealkylation sites (tertiary alicyclic amines) is 1. The fraction of sp³-hybridized carbons (Fsp3) is 0.867. The number of nitrogens with zero attached hydrogens (tertiary/aromatic N) is 2. The third-order valence-electron chi connectivity index (χ3n) is 4.03. The summed E-state index contributed by atoms with van der Waals surface area (Å²) in [5.41, 5.74) is 0. The first-order valence-electron chi connectivity index (χ1n) is 8.17. The van der Waals surface area contributed by atoms with Gasteiger partial charge in [0.2, 0.25) is 5.91 Å². The van der Waals surface area contributed by atoms with Gasteiger partial charge in [-0.15, -0.1) is 24.0 Å². The number of guanidine groups is 1. The maximum Gasteiger partial charge on any atom is 0.222 e. The molecule has 24 heavy (non-hydrogen) atoms. The second kappa shape index (κ2) is 10.4. The maximum atomic E-state index is 11.7. The highest BCUT2D eigenvalue weighted by molar-refractivity contribution is 14.0. The third-order valence-corrected chi connectivity index (χ3v) is 6.17. The van der Waals surface area contributed by atoms with E-state index in [2.05, 4.69) is 15.6 Å². The van der Waals surface area contributed by atoms with Crippen molar-refractivity contribution in [2.24, 2.45) is 4.99 Å². The Morgan fingerprint density at radius 3 is 2.50 bits per heavy atom. The summed E-state index contributed by atoms with van der Waals surface area (Å²) in [6.07, 6.45) is 3.69. The Morgan fingerprint density at radius 2 is 2.00 bits per heavy atom. The Labute approximate surface area is 163 Å². The number of nitrogens with one attached hydrogen (secondary N) is 2. The van der Waals surface area contributed by atoms with Gasteiger partial charge >= 0.3 is 0 Å². The molecule has 0 saturated carbocycles. The van der Waals surface area contributed by atoms with Gasteiger partial charge in [0, 0.05) is 38.9 Å². The van der Waals surface area contributed by atoms with Crippen molar-refractivity contribution in [1.29, 1.82) is 0 Å². The first kappa shape index (κ1) is 23.4. The highest BCUT2D eigenvalue weighted by Gasteiger charge is 2.29. The third kappa shape index (κ3) is 7.54. The van der Waals surface area contributed by atoms with E-state index in [1.807, 2.05) is 11.8 Å². The van der Waals surface area contributed by atoms with E-state index in [1.54, 1.807) is 13.8 Å². The number of halogens is 1. The van der Waals surface area contributed by atoms with E-state index in [0.29, 0.717) is 25.5 Å². The molecular formula is C15H31IN4O3S. The monoisotopic (exact) mass is 474 g/mol. The Balaban J connectivity index is 0.00000529. The number of aliphatic imine (C=N–C) groups is 1. The summed E-state index contributed by atoms with van der Waals surface area (Å²) in [5, 5.41) is 6.30. The molecule has 1 aliphatic heterocycles. The van der Waals surface area contributed by atoms with E-state index in [-0.39, 0.29) is 36.4 Å². The quantitative estimate of drug-likeness (QED) is 0.237. The van der Waals surface area contributed by atoms with Gasteiger partial charge in [-0.3, -0.25) is 9.79 Å². The second-order valence-electron chi connectivity index (χ2n) is 6.49. The summed E-state index contributed by atoms with van der Waals surface area (Å²) in [6.45, 7) is 8.51. The summed E-state index contributed by atoms with van der Waals surface area (Å²) in [6, 6.07) is 0. The van der Waals surface area contributed by atoms with Crippen LogP contribution in [0.4, 0.5) is 0 Å². The fourth-order valence-electron chi connectivity index (χ4n) is 2.15. The van der Waals surface area contributed by atoms with Crippen molar-refractivity contribution in [3.8, 4) is 0 Å². The van der Waals surface area contributed by atoms with Crippen LogP contribution >= 0.6 is 24.0 Å². The fourth-order valence-corrected chi connectivity index (χ4v) is 2.44. The number of amides is 1. The Hall–Kier alpha value is -0.580. The van der Waals surface area contributed by atoms with Crippen LogP contribution in [-0.2, 0) is 14.6 Å². The average Bonchev–Trinajstić information content (AvgIpc) is 2.85. The topological polar surface area (TPSA) is 90.9 Å². The molecule has 1 heterocycles. The van der Waals surface area contributed by atoms with Gasteiger partial charge in [0.05, 0.1) is 11.3 Å². The molecule has 1 rings (SSSR count). The Kier molecular flexibility index (Phi) is 10.2. The van der Waals surface area contributed by atoms with E-state index >= 15 is 0 Å². The van der Waals surface area contributed by atoms with Crippen molar-refractivity contribution in [3.05, 3.63) is 0 Å². The molecule has 0 aromatic rings. The minimum atomic E-state index is -3.16. The van der Waals surface area contributed by atoms with E-state index in [4.69, 9.17) is 0 Å². The highest BCUT2D eigenvalue weighted by Crippen LogP contribution is 2.15. The molecule has 0 atom stereocenters. The van der Waals surface area contributed by atoms with Crippen molar-refractivity contribution >= 4 is 45.7 Å².